The van der Waals surface area contributed by atoms with Crippen LogP contribution in [0.1, 0.15) is 27.2 Å². The quantitative estimate of drug-likeness (QED) is 0.699. The first kappa shape index (κ1) is 10.5. The average molecular weight is 181 g/mol. The lowest BCUT2D eigenvalue weighted by atomic mass is 9.81. The molecule has 1 heterocycles. The normalized spacial score (nSPS) is 21.4. The van der Waals surface area contributed by atoms with Crippen LogP contribution in [0.2, 0.25) is 0 Å². The summed E-state index contributed by atoms with van der Waals surface area (Å²) in [5, 5.41) is 11.2. The predicted molar refractivity (Wildman–Crippen MR) is 52.8 cm³/mol. The largest absolute Gasteiger partial charge is 0.255 e. The van der Waals surface area contributed by atoms with Crippen LogP contribution in [-0.2, 0) is 0 Å². The van der Waals surface area contributed by atoms with Gasteiger partial charge in [0.15, 0.2) is 0 Å². The molecule has 1 fully saturated rings. The Kier molecular flexibility index (Phi) is 3.29. The van der Waals surface area contributed by atoms with E-state index in [4.69, 9.17) is 5.26 Å². The van der Waals surface area contributed by atoms with Gasteiger partial charge < -0.3 is 0 Å². The third kappa shape index (κ3) is 2.98. The van der Waals surface area contributed by atoms with Gasteiger partial charge in [0, 0.05) is 19.6 Å². The number of nitriles is 1. The Morgan fingerprint density at radius 2 is 2.23 bits per heavy atom. The minimum absolute atomic E-state index is 0.0824. The van der Waals surface area contributed by atoms with Crippen molar-refractivity contribution in [3.05, 3.63) is 0 Å². The van der Waals surface area contributed by atoms with Crippen molar-refractivity contribution in [2.75, 3.05) is 19.6 Å². The Morgan fingerprint density at radius 3 is 2.62 bits per heavy atom. The second-order valence-electron chi connectivity index (χ2n) is 4.76. The van der Waals surface area contributed by atoms with Crippen molar-refractivity contribution in [2.24, 2.45) is 11.3 Å². The molecule has 3 nitrogen and oxygen atoms in total. The van der Waals surface area contributed by atoms with E-state index in [-0.39, 0.29) is 11.3 Å². The van der Waals surface area contributed by atoms with Crippen molar-refractivity contribution in [1.29, 1.82) is 5.26 Å². The van der Waals surface area contributed by atoms with Gasteiger partial charge in [0.2, 0.25) is 0 Å². The van der Waals surface area contributed by atoms with E-state index >= 15 is 0 Å². The summed E-state index contributed by atoms with van der Waals surface area (Å²) in [4.78, 5) is 0. The van der Waals surface area contributed by atoms with E-state index in [2.05, 4.69) is 37.3 Å². The fourth-order valence-corrected chi connectivity index (χ4v) is 1.47. The van der Waals surface area contributed by atoms with Gasteiger partial charge in [-0.15, -0.1) is 0 Å². The van der Waals surface area contributed by atoms with Crippen LogP contribution in [0, 0.1) is 22.7 Å². The summed E-state index contributed by atoms with van der Waals surface area (Å²) >= 11 is 0. The maximum atomic E-state index is 9.02. The molecule has 1 aliphatic heterocycles. The van der Waals surface area contributed by atoms with E-state index in [0.29, 0.717) is 0 Å². The van der Waals surface area contributed by atoms with Crippen molar-refractivity contribution >= 4 is 0 Å². The first-order valence-electron chi connectivity index (χ1n) is 4.92. The highest BCUT2D eigenvalue weighted by atomic mass is 15.5. The number of nitrogens with one attached hydrogen (secondary N) is 1. The molecule has 1 unspecified atom stereocenters. The Labute approximate surface area is 80.7 Å². The predicted octanol–water partition coefficient (Wildman–Crippen LogP) is 1.38. The minimum Gasteiger partial charge on any atom is -0.255 e. The number of nitrogens with zero attached hydrogens (tertiary/aromatic N) is 2. The van der Waals surface area contributed by atoms with E-state index in [1.54, 1.807) is 0 Å². The number of hydrogen-bond acceptors (Lipinski definition) is 3. The van der Waals surface area contributed by atoms with Crippen LogP contribution in [0.3, 0.4) is 0 Å². The van der Waals surface area contributed by atoms with Crippen molar-refractivity contribution < 1.29 is 0 Å². The molecule has 0 aliphatic carbocycles. The lowest BCUT2D eigenvalue weighted by Gasteiger charge is -2.28. The highest BCUT2D eigenvalue weighted by Crippen LogP contribution is 2.25. The van der Waals surface area contributed by atoms with Gasteiger partial charge in [0.05, 0.1) is 12.0 Å². The SMILES string of the molecule is CC(C)(C)C(C#N)CN1CCCN1. The Balaban J connectivity index is 2.45. The molecule has 1 N–H and O–H groups in total. The van der Waals surface area contributed by atoms with E-state index in [1.165, 1.54) is 6.42 Å². The van der Waals surface area contributed by atoms with E-state index in [1.807, 2.05) is 0 Å². The van der Waals surface area contributed by atoms with Gasteiger partial charge in [-0.2, -0.15) is 5.26 Å². The first-order valence-corrected chi connectivity index (χ1v) is 4.92. The van der Waals surface area contributed by atoms with E-state index < -0.39 is 0 Å². The topological polar surface area (TPSA) is 39.1 Å². The van der Waals surface area contributed by atoms with Crippen molar-refractivity contribution in [2.45, 2.75) is 27.2 Å². The molecule has 1 aliphatic rings. The van der Waals surface area contributed by atoms with Gasteiger partial charge in [-0.25, -0.2) is 5.01 Å². The highest BCUT2D eigenvalue weighted by Gasteiger charge is 2.27. The lowest BCUT2D eigenvalue weighted by molar-refractivity contribution is 0.170. The van der Waals surface area contributed by atoms with Crippen LogP contribution in [0.25, 0.3) is 0 Å². The van der Waals surface area contributed by atoms with Gasteiger partial charge in [0.1, 0.15) is 0 Å². The molecule has 3 heteroatoms. The molecule has 0 aromatic carbocycles. The van der Waals surface area contributed by atoms with E-state index in [0.717, 1.165) is 19.6 Å². The summed E-state index contributed by atoms with van der Waals surface area (Å²) in [5.41, 5.74) is 3.36. The molecule has 1 saturated heterocycles. The molecule has 1 atom stereocenters. The third-order valence-electron chi connectivity index (χ3n) is 2.54. The molecule has 0 aromatic rings. The smallest absolute Gasteiger partial charge is 0.0675 e. The van der Waals surface area contributed by atoms with Crippen LogP contribution in [-0.4, -0.2) is 24.6 Å². The second-order valence-corrected chi connectivity index (χ2v) is 4.76. The molecular formula is C10H19N3. The zero-order valence-electron chi connectivity index (χ0n) is 8.80. The van der Waals surface area contributed by atoms with Gasteiger partial charge in [-0.3, -0.25) is 5.43 Å². The maximum absolute atomic E-state index is 9.02. The van der Waals surface area contributed by atoms with Crippen LogP contribution in [0.15, 0.2) is 0 Å². The van der Waals surface area contributed by atoms with Crippen LogP contribution in [0.5, 0.6) is 0 Å². The monoisotopic (exact) mass is 181 g/mol. The van der Waals surface area contributed by atoms with Gasteiger partial charge >= 0.3 is 0 Å². The third-order valence-corrected chi connectivity index (χ3v) is 2.54. The van der Waals surface area contributed by atoms with Crippen LogP contribution in [0.4, 0.5) is 0 Å². The summed E-state index contributed by atoms with van der Waals surface area (Å²) in [5.74, 6) is 0.109. The maximum Gasteiger partial charge on any atom is 0.0675 e. The molecule has 0 aromatic heterocycles. The second kappa shape index (κ2) is 4.08. The molecule has 0 radical (unpaired) electrons. The zero-order valence-corrected chi connectivity index (χ0v) is 8.80. The zero-order chi connectivity index (χ0) is 9.90. The Hall–Kier alpha value is -0.590. The fourth-order valence-electron chi connectivity index (χ4n) is 1.47. The summed E-state index contributed by atoms with van der Waals surface area (Å²) < 4.78 is 0. The lowest BCUT2D eigenvalue weighted by Crippen LogP contribution is -2.38. The molecule has 1 rings (SSSR count). The molecule has 0 spiro atoms. The number of rotatable bonds is 2. The van der Waals surface area contributed by atoms with Crippen LogP contribution >= 0.6 is 0 Å². The van der Waals surface area contributed by atoms with Gasteiger partial charge in [-0.1, -0.05) is 20.8 Å². The molecule has 0 bridgehead atoms. The molecule has 0 amide bonds. The minimum atomic E-state index is 0.0824. The molecule has 13 heavy (non-hydrogen) atoms. The highest BCUT2D eigenvalue weighted by molar-refractivity contribution is 4.93. The van der Waals surface area contributed by atoms with Gasteiger partial charge in [-0.05, 0) is 11.8 Å². The number of hydrazine groups is 1. The summed E-state index contributed by atoms with van der Waals surface area (Å²) in [6.45, 7) is 9.35. The molecule has 74 valence electrons. The van der Waals surface area contributed by atoms with Crippen LogP contribution < -0.4 is 5.43 Å². The molecular weight excluding hydrogens is 162 g/mol. The van der Waals surface area contributed by atoms with Crippen molar-refractivity contribution in [1.82, 2.24) is 10.4 Å². The number of hydrogen-bond donors (Lipinski definition) is 1. The first-order chi connectivity index (χ1) is 6.04. The summed E-state index contributed by atoms with van der Waals surface area (Å²) in [7, 11) is 0. The van der Waals surface area contributed by atoms with E-state index in [9.17, 15) is 0 Å². The summed E-state index contributed by atoms with van der Waals surface area (Å²) in [6, 6.07) is 2.39. The Morgan fingerprint density at radius 1 is 1.54 bits per heavy atom. The van der Waals surface area contributed by atoms with Crippen molar-refractivity contribution in [3.63, 3.8) is 0 Å². The Bertz CT molecular complexity index is 193. The van der Waals surface area contributed by atoms with Gasteiger partial charge in [0.25, 0.3) is 0 Å². The standard InChI is InChI=1S/C10H19N3/c1-10(2,3)9(7-11)8-13-6-4-5-12-13/h9,12H,4-6,8H2,1-3H3. The summed E-state index contributed by atoms with van der Waals surface area (Å²) in [6.07, 6.45) is 1.20. The molecule has 0 saturated carbocycles. The average Bonchev–Trinajstić information content (AvgIpc) is 2.49. The van der Waals surface area contributed by atoms with Crippen molar-refractivity contribution in [3.8, 4) is 6.07 Å². The fraction of sp³-hybridized carbons (Fsp3) is 0.900.